The summed E-state index contributed by atoms with van der Waals surface area (Å²) in [5, 5.41) is 2.34. The third-order valence-electron chi connectivity index (χ3n) is 5.03. The number of fused-ring (bicyclic) bond motifs is 7. The van der Waals surface area contributed by atoms with Gasteiger partial charge in [0.25, 0.3) is 5.91 Å². The lowest BCUT2D eigenvalue weighted by Crippen LogP contribution is -2.26. The van der Waals surface area contributed by atoms with Crippen LogP contribution >= 0.6 is 0 Å². The molecule has 106 valence electrons. The molecule has 1 unspecified atom stereocenters. The van der Waals surface area contributed by atoms with E-state index in [2.05, 4.69) is 34.3 Å². The van der Waals surface area contributed by atoms with Crippen molar-refractivity contribution in [1.29, 1.82) is 0 Å². The van der Waals surface area contributed by atoms with Crippen molar-refractivity contribution in [2.24, 2.45) is 12.0 Å². The molecule has 1 aromatic carbocycles. The highest BCUT2D eigenvalue weighted by Crippen LogP contribution is 2.54. The Kier molecular flexibility index (Phi) is 2.64. The number of hydrogen-bond donors (Lipinski definition) is 0. The van der Waals surface area contributed by atoms with Crippen molar-refractivity contribution in [3.8, 4) is 0 Å². The standard InChI is InChI=1S/C18H18N2O/c1-3-15(21)19-18-14-7-5-4-6-13(14)16-11-8-9-12(10-11)17(16)20(18)2/h3-7,11-12H,1,8-10H2,2H3/t11?,12-/m1/s1. The molecule has 4 rings (SSSR count). The molecule has 1 fully saturated rings. The third kappa shape index (κ3) is 1.67. The van der Waals surface area contributed by atoms with Crippen molar-refractivity contribution in [2.45, 2.75) is 31.1 Å². The second-order valence-corrected chi connectivity index (χ2v) is 6.09. The maximum absolute atomic E-state index is 11.7. The third-order valence-corrected chi connectivity index (χ3v) is 5.03. The second kappa shape index (κ2) is 4.42. The number of aromatic nitrogens is 1. The monoisotopic (exact) mass is 278 g/mol. The summed E-state index contributed by atoms with van der Waals surface area (Å²) in [6, 6.07) is 8.33. The molecular weight excluding hydrogens is 260 g/mol. The maximum Gasteiger partial charge on any atom is 0.271 e. The zero-order valence-corrected chi connectivity index (χ0v) is 12.2. The summed E-state index contributed by atoms with van der Waals surface area (Å²) >= 11 is 0. The van der Waals surface area contributed by atoms with E-state index >= 15 is 0 Å². The Balaban J connectivity index is 2.17. The van der Waals surface area contributed by atoms with E-state index in [0.717, 1.165) is 10.9 Å². The lowest BCUT2D eigenvalue weighted by molar-refractivity contribution is -0.113. The van der Waals surface area contributed by atoms with Gasteiger partial charge < -0.3 is 4.57 Å². The summed E-state index contributed by atoms with van der Waals surface area (Å²) < 4.78 is 2.14. The van der Waals surface area contributed by atoms with E-state index in [4.69, 9.17) is 0 Å². The Labute approximate surface area is 123 Å². The van der Waals surface area contributed by atoms with Gasteiger partial charge >= 0.3 is 0 Å². The quantitative estimate of drug-likeness (QED) is 0.738. The molecule has 2 aromatic rings. The second-order valence-electron chi connectivity index (χ2n) is 6.09. The lowest BCUT2D eigenvalue weighted by Gasteiger charge is -2.22. The van der Waals surface area contributed by atoms with Crippen molar-refractivity contribution in [1.82, 2.24) is 4.57 Å². The number of hydrogen-bond acceptors (Lipinski definition) is 1. The number of carbonyl (C=O) groups is 1. The van der Waals surface area contributed by atoms with Gasteiger partial charge in [-0.1, -0.05) is 30.8 Å². The molecule has 3 heteroatoms. The largest absolute Gasteiger partial charge is 0.332 e. The molecule has 0 spiro atoms. The van der Waals surface area contributed by atoms with Crippen LogP contribution in [0.1, 0.15) is 42.4 Å². The Morgan fingerprint density at radius 1 is 1.29 bits per heavy atom. The fourth-order valence-corrected chi connectivity index (χ4v) is 4.23. The first-order valence-corrected chi connectivity index (χ1v) is 7.53. The van der Waals surface area contributed by atoms with Crippen molar-refractivity contribution < 1.29 is 4.79 Å². The highest BCUT2D eigenvalue weighted by atomic mass is 16.1. The van der Waals surface area contributed by atoms with E-state index in [9.17, 15) is 4.79 Å². The van der Waals surface area contributed by atoms with E-state index in [1.165, 1.54) is 42.0 Å². The molecule has 0 N–H and O–H groups in total. The summed E-state index contributed by atoms with van der Waals surface area (Å²) in [5.74, 6) is 1.04. The molecule has 0 saturated heterocycles. The maximum atomic E-state index is 11.7. The Hall–Kier alpha value is -2.16. The van der Waals surface area contributed by atoms with Crippen molar-refractivity contribution in [3.63, 3.8) is 0 Å². The molecule has 2 aliphatic rings. The SMILES string of the molecule is C=CC(=O)N=c1c2ccccc2c2c(n1C)[C@@H]1CCC2C1. The predicted molar refractivity (Wildman–Crippen MR) is 83.0 cm³/mol. The first kappa shape index (κ1) is 12.6. The highest BCUT2D eigenvalue weighted by molar-refractivity contribution is 5.91. The molecule has 2 aliphatic carbocycles. The van der Waals surface area contributed by atoms with Gasteiger partial charge in [0.2, 0.25) is 0 Å². The number of rotatable bonds is 1. The average Bonchev–Trinajstić information content (AvgIpc) is 3.12. The van der Waals surface area contributed by atoms with Gasteiger partial charge in [0.1, 0.15) is 5.49 Å². The Morgan fingerprint density at radius 2 is 2.00 bits per heavy atom. The topological polar surface area (TPSA) is 34.4 Å². The minimum atomic E-state index is -0.279. The molecule has 1 saturated carbocycles. The molecule has 3 nitrogen and oxygen atoms in total. The van der Waals surface area contributed by atoms with Gasteiger partial charge in [0.15, 0.2) is 0 Å². The molecule has 1 heterocycles. The van der Waals surface area contributed by atoms with Gasteiger partial charge in [-0.15, -0.1) is 0 Å². The minimum Gasteiger partial charge on any atom is -0.332 e. The molecule has 1 aromatic heterocycles. The number of pyridine rings is 1. The summed E-state index contributed by atoms with van der Waals surface area (Å²) in [5.41, 5.74) is 3.65. The van der Waals surface area contributed by atoms with Crippen LogP contribution < -0.4 is 5.49 Å². The van der Waals surface area contributed by atoms with Crippen molar-refractivity contribution >= 4 is 16.7 Å². The van der Waals surface area contributed by atoms with Crippen LogP contribution in [0.25, 0.3) is 10.8 Å². The van der Waals surface area contributed by atoms with Gasteiger partial charge in [-0.25, -0.2) is 0 Å². The zero-order chi connectivity index (χ0) is 14.6. The van der Waals surface area contributed by atoms with Gasteiger partial charge in [0, 0.05) is 24.0 Å². The molecule has 2 atom stereocenters. The van der Waals surface area contributed by atoms with E-state index in [1.54, 1.807) is 0 Å². The lowest BCUT2D eigenvalue weighted by atomic mass is 9.91. The van der Waals surface area contributed by atoms with Crippen LogP contribution in [0, 0.1) is 0 Å². The molecule has 0 aliphatic heterocycles. The van der Waals surface area contributed by atoms with E-state index < -0.39 is 0 Å². The zero-order valence-electron chi connectivity index (χ0n) is 12.2. The van der Waals surface area contributed by atoms with E-state index in [-0.39, 0.29) is 5.91 Å². The first-order valence-electron chi connectivity index (χ1n) is 7.53. The normalized spacial score (nSPS) is 23.6. The van der Waals surface area contributed by atoms with Crippen LogP contribution in [0.15, 0.2) is 41.9 Å². The summed E-state index contributed by atoms with van der Waals surface area (Å²) in [4.78, 5) is 16.0. The molecule has 0 radical (unpaired) electrons. The predicted octanol–water partition coefficient (Wildman–Crippen LogP) is 3.16. The molecule has 2 bridgehead atoms. The smallest absolute Gasteiger partial charge is 0.271 e. The summed E-state index contributed by atoms with van der Waals surface area (Å²) in [6.07, 6.45) is 5.09. The van der Waals surface area contributed by atoms with Crippen LogP contribution in [0.2, 0.25) is 0 Å². The molecule has 21 heavy (non-hydrogen) atoms. The first-order chi connectivity index (χ1) is 10.2. The summed E-state index contributed by atoms with van der Waals surface area (Å²) in [7, 11) is 2.04. The van der Waals surface area contributed by atoms with E-state index in [1.807, 2.05) is 13.1 Å². The summed E-state index contributed by atoms with van der Waals surface area (Å²) in [6.45, 7) is 3.52. The Morgan fingerprint density at radius 3 is 2.76 bits per heavy atom. The van der Waals surface area contributed by atoms with Crippen molar-refractivity contribution in [3.05, 3.63) is 53.7 Å². The fraction of sp³-hybridized carbons (Fsp3) is 0.333. The molecule has 1 amide bonds. The van der Waals surface area contributed by atoms with Crippen LogP contribution in [0.4, 0.5) is 0 Å². The van der Waals surface area contributed by atoms with Gasteiger partial charge in [-0.2, -0.15) is 4.99 Å². The molecular formula is C18H18N2O. The highest BCUT2D eigenvalue weighted by Gasteiger charge is 2.39. The van der Waals surface area contributed by atoms with Crippen LogP contribution in [-0.2, 0) is 11.8 Å². The van der Waals surface area contributed by atoms with Gasteiger partial charge in [0.05, 0.1) is 0 Å². The number of nitrogens with zero attached hydrogens (tertiary/aromatic N) is 2. The van der Waals surface area contributed by atoms with E-state index in [0.29, 0.717) is 11.8 Å². The van der Waals surface area contributed by atoms with Gasteiger partial charge in [-0.05, 0) is 42.2 Å². The number of amides is 1. The number of benzene rings is 1. The van der Waals surface area contributed by atoms with Crippen molar-refractivity contribution in [2.75, 3.05) is 0 Å². The minimum absolute atomic E-state index is 0.279. The Bertz CT molecular complexity index is 844. The van der Waals surface area contributed by atoms with Crippen LogP contribution in [0.5, 0.6) is 0 Å². The average molecular weight is 278 g/mol. The van der Waals surface area contributed by atoms with Crippen LogP contribution in [0.3, 0.4) is 0 Å². The fourth-order valence-electron chi connectivity index (χ4n) is 4.23. The van der Waals surface area contributed by atoms with Gasteiger partial charge in [-0.3, -0.25) is 4.79 Å². The number of carbonyl (C=O) groups excluding carboxylic acids is 1. The van der Waals surface area contributed by atoms with Crippen LogP contribution in [-0.4, -0.2) is 10.5 Å².